The summed E-state index contributed by atoms with van der Waals surface area (Å²) in [6.07, 6.45) is -0.920. The van der Waals surface area contributed by atoms with Crippen LogP contribution >= 0.6 is 0 Å². The van der Waals surface area contributed by atoms with Crippen LogP contribution in [0.15, 0.2) is 24.3 Å². The van der Waals surface area contributed by atoms with Crippen molar-refractivity contribution < 1.29 is 27.5 Å². The van der Waals surface area contributed by atoms with Crippen LogP contribution in [0.4, 0.5) is 24.9 Å². The van der Waals surface area contributed by atoms with Gasteiger partial charge in [-0.2, -0.15) is 18.2 Å². The van der Waals surface area contributed by atoms with Gasteiger partial charge in [0.1, 0.15) is 5.52 Å². The van der Waals surface area contributed by atoms with Gasteiger partial charge in [0, 0.05) is 19.5 Å². The van der Waals surface area contributed by atoms with E-state index in [2.05, 4.69) is 20.3 Å². The van der Waals surface area contributed by atoms with E-state index in [9.17, 15) is 22.8 Å². The molecule has 39 heavy (non-hydrogen) atoms. The summed E-state index contributed by atoms with van der Waals surface area (Å²) in [6, 6.07) is 4.85. The molecule has 4 rings (SSSR count). The maximum Gasteiger partial charge on any atom is 0.416 e. The fourth-order valence-electron chi connectivity index (χ4n) is 4.57. The number of nitrogens with zero attached hydrogens (tertiary/aromatic N) is 5. The highest BCUT2D eigenvalue weighted by molar-refractivity contribution is 5.96. The third-order valence-corrected chi connectivity index (χ3v) is 7.05. The largest absolute Gasteiger partial charge is 0.463 e. The van der Waals surface area contributed by atoms with Crippen LogP contribution in [-0.2, 0) is 22.3 Å². The van der Waals surface area contributed by atoms with Gasteiger partial charge in [-0.05, 0) is 49.3 Å². The Labute approximate surface area is 224 Å². The number of carbonyl (C=O) groups is 2. The Balaban J connectivity index is 1.87. The molecule has 1 N–H and O–H groups in total. The number of benzene rings is 1. The Morgan fingerprint density at radius 2 is 1.79 bits per heavy atom. The van der Waals surface area contributed by atoms with E-state index in [0.717, 1.165) is 31.4 Å². The molecule has 1 amide bonds. The summed E-state index contributed by atoms with van der Waals surface area (Å²) in [7, 11) is 2.82. The van der Waals surface area contributed by atoms with E-state index in [1.54, 1.807) is 11.6 Å². The van der Waals surface area contributed by atoms with Crippen LogP contribution in [0.1, 0.15) is 68.2 Å². The Hall–Kier alpha value is -3.70. The van der Waals surface area contributed by atoms with Crippen molar-refractivity contribution in [3.05, 3.63) is 41.2 Å². The monoisotopic (exact) mass is 546 g/mol. The van der Waals surface area contributed by atoms with Gasteiger partial charge in [0.15, 0.2) is 11.5 Å². The molecule has 2 aromatic heterocycles. The predicted octanol–water partition coefficient (Wildman–Crippen LogP) is 5.29. The summed E-state index contributed by atoms with van der Waals surface area (Å²) in [4.78, 5) is 40.2. The molecule has 1 fully saturated rings. The molecule has 210 valence electrons. The van der Waals surface area contributed by atoms with Crippen LogP contribution in [0, 0.1) is 11.8 Å². The number of alkyl halides is 3. The van der Waals surface area contributed by atoms with Crippen molar-refractivity contribution >= 4 is 34.8 Å². The Bertz CT molecular complexity index is 1350. The number of rotatable bonds is 9. The van der Waals surface area contributed by atoms with E-state index in [1.807, 2.05) is 20.8 Å². The number of amides is 1. The number of fused-ring (bicyclic) bond motifs is 1. The van der Waals surface area contributed by atoms with Crippen LogP contribution in [0.3, 0.4) is 0 Å². The van der Waals surface area contributed by atoms with Gasteiger partial charge in [-0.15, -0.1) is 0 Å². The summed E-state index contributed by atoms with van der Waals surface area (Å²) in [5, 5.41) is 3.40. The molecule has 0 bridgehead atoms. The molecule has 0 aliphatic heterocycles. The van der Waals surface area contributed by atoms with E-state index in [0.29, 0.717) is 22.8 Å². The standard InChI is InChI=1S/C27H33F3N6O3/c1-15(2)13-20(37)35(4)26-34-23-21(36(26)14-17-9-11-19(12-10-17)27(28,29)30)22(31-16(3)18-7-6-8-18)32-24(33-23)25(38)39-5/h9-12,15-16,18H,6-8,13-14H2,1-5H3,(H,31,32,33)/t16-/m1/s1. The van der Waals surface area contributed by atoms with Crippen molar-refractivity contribution in [1.29, 1.82) is 0 Å². The minimum atomic E-state index is -4.46. The number of carbonyl (C=O) groups excluding carboxylic acids is 2. The average molecular weight is 547 g/mol. The molecule has 3 aromatic rings. The van der Waals surface area contributed by atoms with E-state index in [1.165, 1.54) is 24.1 Å². The second kappa shape index (κ2) is 11.2. The first kappa shape index (κ1) is 28.3. The fourth-order valence-corrected chi connectivity index (χ4v) is 4.57. The molecule has 1 atom stereocenters. The lowest BCUT2D eigenvalue weighted by atomic mass is 9.80. The number of methoxy groups -OCH3 is 1. The summed E-state index contributed by atoms with van der Waals surface area (Å²) < 4.78 is 46.0. The molecular weight excluding hydrogens is 513 g/mol. The molecule has 1 aliphatic carbocycles. The molecule has 9 nitrogen and oxygen atoms in total. The maximum atomic E-state index is 13.2. The van der Waals surface area contributed by atoms with Gasteiger partial charge in [-0.1, -0.05) is 32.4 Å². The number of hydrogen-bond acceptors (Lipinski definition) is 7. The maximum absolute atomic E-state index is 13.2. The van der Waals surface area contributed by atoms with Gasteiger partial charge in [-0.3, -0.25) is 9.69 Å². The number of anilines is 2. The van der Waals surface area contributed by atoms with E-state index >= 15 is 0 Å². The smallest absolute Gasteiger partial charge is 0.416 e. The zero-order valence-electron chi connectivity index (χ0n) is 22.7. The van der Waals surface area contributed by atoms with Crippen molar-refractivity contribution in [3.8, 4) is 0 Å². The lowest BCUT2D eigenvalue weighted by Gasteiger charge is -2.32. The molecule has 12 heteroatoms. The highest BCUT2D eigenvalue weighted by atomic mass is 19.4. The minimum Gasteiger partial charge on any atom is -0.463 e. The molecule has 1 aromatic carbocycles. The normalized spacial score (nSPS) is 14.8. The zero-order chi connectivity index (χ0) is 28.5. The van der Waals surface area contributed by atoms with Gasteiger partial charge < -0.3 is 14.6 Å². The fraction of sp³-hybridized carbons (Fsp3) is 0.519. The molecule has 0 radical (unpaired) electrons. The number of esters is 1. The summed E-state index contributed by atoms with van der Waals surface area (Å²) >= 11 is 0. The average Bonchev–Trinajstić information content (AvgIpc) is 3.19. The van der Waals surface area contributed by atoms with Crippen LogP contribution in [0.5, 0.6) is 0 Å². The van der Waals surface area contributed by atoms with E-state index in [-0.39, 0.29) is 48.3 Å². The summed E-state index contributed by atoms with van der Waals surface area (Å²) in [6.45, 7) is 5.98. The van der Waals surface area contributed by atoms with Crippen molar-refractivity contribution in [3.63, 3.8) is 0 Å². The number of aromatic nitrogens is 4. The molecule has 0 spiro atoms. The predicted molar refractivity (Wildman–Crippen MR) is 140 cm³/mol. The van der Waals surface area contributed by atoms with Crippen LogP contribution < -0.4 is 10.2 Å². The van der Waals surface area contributed by atoms with Crippen molar-refractivity contribution in [1.82, 2.24) is 19.5 Å². The van der Waals surface area contributed by atoms with Crippen molar-refractivity contribution in [2.75, 3.05) is 24.4 Å². The topological polar surface area (TPSA) is 102 Å². The molecule has 1 aliphatic rings. The number of ether oxygens (including phenoxy) is 1. The molecule has 0 saturated heterocycles. The number of hydrogen-bond donors (Lipinski definition) is 1. The number of nitrogens with one attached hydrogen (secondary N) is 1. The van der Waals surface area contributed by atoms with Gasteiger partial charge in [0.2, 0.25) is 17.7 Å². The highest BCUT2D eigenvalue weighted by Crippen LogP contribution is 2.34. The highest BCUT2D eigenvalue weighted by Gasteiger charge is 2.31. The van der Waals surface area contributed by atoms with Crippen molar-refractivity contribution in [2.24, 2.45) is 11.8 Å². The van der Waals surface area contributed by atoms with E-state index in [4.69, 9.17) is 4.74 Å². The van der Waals surface area contributed by atoms with Gasteiger partial charge in [0.25, 0.3) is 0 Å². The van der Waals surface area contributed by atoms with Gasteiger partial charge >= 0.3 is 12.1 Å². The van der Waals surface area contributed by atoms with Crippen LogP contribution in [0.2, 0.25) is 0 Å². The SMILES string of the molecule is COC(=O)c1nc(N[C@H](C)C2CCC2)c2c(n1)nc(N(C)C(=O)CC(C)C)n2Cc1ccc(C(F)(F)F)cc1. The van der Waals surface area contributed by atoms with E-state index < -0.39 is 17.7 Å². The first-order valence-corrected chi connectivity index (χ1v) is 12.9. The summed E-state index contributed by atoms with van der Waals surface area (Å²) in [5.74, 6) is -0.0000173. The Morgan fingerprint density at radius 1 is 1.13 bits per heavy atom. The first-order valence-electron chi connectivity index (χ1n) is 12.9. The lowest BCUT2D eigenvalue weighted by Crippen LogP contribution is -2.32. The third-order valence-electron chi connectivity index (χ3n) is 7.05. The second-order valence-electron chi connectivity index (χ2n) is 10.4. The Kier molecular flexibility index (Phi) is 8.12. The molecule has 1 saturated carbocycles. The molecule has 0 unspecified atom stereocenters. The number of imidazole rings is 1. The van der Waals surface area contributed by atoms with Gasteiger partial charge in [-0.25, -0.2) is 14.8 Å². The molecular formula is C27H33F3N6O3. The minimum absolute atomic E-state index is 0.0283. The Morgan fingerprint density at radius 3 is 2.33 bits per heavy atom. The number of halogens is 3. The van der Waals surface area contributed by atoms with Crippen molar-refractivity contribution in [2.45, 2.75) is 65.2 Å². The zero-order valence-corrected chi connectivity index (χ0v) is 22.7. The summed E-state index contributed by atoms with van der Waals surface area (Å²) in [5.41, 5.74) is 0.407. The first-order chi connectivity index (χ1) is 18.4. The third kappa shape index (κ3) is 6.15. The van der Waals surface area contributed by atoms with Crippen LogP contribution in [-0.4, -0.2) is 51.6 Å². The quantitative estimate of drug-likeness (QED) is 0.364. The molecule has 2 heterocycles. The second-order valence-corrected chi connectivity index (χ2v) is 10.4. The lowest BCUT2D eigenvalue weighted by molar-refractivity contribution is -0.137. The van der Waals surface area contributed by atoms with Crippen LogP contribution in [0.25, 0.3) is 11.2 Å². The van der Waals surface area contributed by atoms with Gasteiger partial charge in [0.05, 0.1) is 19.2 Å².